The van der Waals surface area contributed by atoms with Crippen LogP contribution in [-0.2, 0) is 4.79 Å². The Morgan fingerprint density at radius 2 is 2.47 bits per heavy atom. The highest BCUT2D eigenvalue weighted by Crippen LogP contribution is 2.31. The second kappa shape index (κ2) is 3.42. The van der Waals surface area contributed by atoms with Crippen LogP contribution in [0.1, 0.15) is 12.1 Å². The van der Waals surface area contributed by atoms with E-state index >= 15 is 0 Å². The van der Waals surface area contributed by atoms with E-state index in [0.717, 1.165) is 5.69 Å². The molecule has 0 aliphatic carbocycles. The number of nitrogen functional groups attached to an aromatic ring is 1. The van der Waals surface area contributed by atoms with Crippen LogP contribution in [-0.4, -0.2) is 22.6 Å². The first kappa shape index (κ1) is 9.76. The summed E-state index contributed by atoms with van der Waals surface area (Å²) in [5.41, 5.74) is 7.25. The summed E-state index contributed by atoms with van der Waals surface area (Å²) in [5.74, 6) is 0.674. The second-order valence-corrected chi connectivity index (χ2v) is 3.79. The van der Waals surface area contributed by atoms with Crippen LogP contribution in [0.3, 0.4) is 0 Å². The Morgan fingerprint density at radius 3 is 2.93 bits per heavy atom. The number of hydrogen-bond acceptors (Lipinski definition) is 3. The number of carbonyl (C=O) groups is 1. The summed E-state index contributed by atoms with van der Waals surface area (Å²) in [5, 5.41) is 6.65. The number of nitrogens with zero attached hydrogens (tertiary/aromatic N) is 2. The van der Waals surface area contributed by atoms with Gasteiger partial charge in [0, 0.05) is 18.9 Å². The molecule has 5 nitrogen and oxygen atoms in total. The molecule has 1 aromatic heterocycles. The normalized spacial score (nSPS) is 21.0. The van der Waals surface area contributed by atoms with E-state index in [1.54, 1.807) is 4.90 Å². The molecule has 1 aliphatic rings. The van der Waals surface area contributed by atoms with Crippen LogP contribution in [0.5, 0.6) is 0 Å². The van der Waals surface area contributed by atoms with Gasteiger partial charge in [-0.05, 0) is 6.92 Å². The van der Waals surface area contributed by atoms with Gasteiger partial charge in [0.15, 0.2) is 5.82 Å². The smallest absolute Gasteiger partial charge is 0.227 e. The predicted octanol–water partition coefficient (Wildman–Crippen LogP) is 0.839. The van der Waals surface area contributed by atoms with Crippen LogP contribution in [0.2, 0.25) is 0 Å². The molecule has 0 bridgehead atoms. The number of aromatic nitrogens is 2. The van der Waals surface area contributed by atoms with Crippen LogP contribution in [0.25, 0.3) is 0 Å². The van der Waals surface area contributed by atoms with Crippen molar-refractivity contribution in [2.45, 2.75) is 13.3 Å². The number of nitrogens with two attached hydrogens (primary N) is 1. The SMILES string of the molecule is C=CC1CC(=O)N(c2c(N)n[nH]c2C)C1. The van der Waals surface area contributed by atoms with E-state index in [9.17, 15) is 4.79 Å². The molecule has 1 saturated heterocycles. The number of H-pyrrole nitrogens is 1. The summed E-state index contributed by atoms with van der Waals surface area (Å²) in [4.78, 5) is 13.4. The lowest BCUT2D eigenvalue weighted by Gasteiger charge is -2.15. The standard InChI is InChI=1S/C10H14N4O/c1-3-7-4-8(15)14(5-7)9-6(2)12-13-10(9)11/h3,7H,1,4-5H2,2H3,(H3,11,12,13). The van der Waals surface area contributed by atoms with Crippen molar-refractivity contribution >= 4 is 17.4 Å². The predicted molar refractivity (Wildman–Crippen MR) is 58.4 cm³/mol. The molecule has 0 saturated carbocycles. The number of aromatic amines is 1. The third-order valence-electron chi connectivity index (χ3n) is 2.70. The number of nitrogens with one attached hydrogen (secondary N) is 1. The molecular formula is C10H14N4O. The van der Waals surface area contributed by atoms with Gasteiger partial charge in [0.1, 0.15) is 5.69 Å². The minimum atomic E-state index is 0.0797. The lowest BCUT2D eigenvalue weighted by molar-refractivity contribution is -0.117. The van der Waals surface area contributed by atoms with Gasteiger partial charge in [-0.25, -0.2) is 0 Å². The first-order chi connectivity index (χ1) is 7.13. The van der Waals surface area contributed by atoms with E-state index in [1.165, 1.54) is 0 Å². The first-order valence-corrected chi connectivity index (χ1v) is 4.87. The van der Waals surface area contributed by atoms with E-state index in [4.69, 9.17) is 5.73 Å². The molecule has 2 heterocycles. The number of anilines is 2. The quantitative estimate of drug-likeness (QED) is 0.704. The van der Waals surface area contributed by atoms with Crippen LogP contribution in [0.15, 0.2) is 12.7 Å². The van der Waals surface area contributed by atoms with Gasteiger partial charge in [-0.15, -0.1) is 6.58 Å². The van der Waals surface area contributed by atoms with Crippen LogP contribution in [0.4, 0.5) is 11.5 Å². The molecule has 5 heteroatoms. The maximum absolute atomic E-state index is 11.7. The zero-order chi connectivity index (χ0) is 11.0. The van der Waals surface area contributed by atoms with Gasteiger partial charge < -0.3 is 10.6 Å². The van der Waals surface area contributed by atoms with Crippen molar-refractivity contribution in [1.29, 1.82) is 0 Å². The average Bonchev–Trinajstić information content (AvgIpc) is 2.71. The topological polar surface area (TPSA) is 75.0 Å². The summed E-state index contributed by atoms with van der Waals surface area (Å²) >= 11 is 0. The minimum Gasteiger partial charge on any atom is -0.380 e. The molecule has 1 unspecified atom stereocenters. The molecule has 15 heavy (non-hydrogen) atoms. The van der Waals surface area contributed by atoms with Gasteiger partial charge in [0.25, 0.3) is 0 Å². The van der Waals surface area contributed by atoms with Crippen molar-refractivity contribution in [3.63, 3.8) is 0 Å². The van der Waals surface area contributed by atoms with E-state index in [1.807, 2.05) is 13.0 Å². The van der Waals surface area contributed by atoms with Gasteiger partial charge in [0.05, 0.1) is 5.69 Å². The molecular weight excluding hydrogens is 192 g/mol. The zero-order valence-corrected chi connectivity index (χ0v) is 8.66. The molecule has 1 aliphatic heterocycles. The highest BCUT2D eigenvalue weighted by atomic mass is 16.2. The Morgan fingerprint density at radius 1 is 1.73 bits per heavy atom. The van der Waals surface area contributed by atoms with E-state index in [-0.39, 0.29) is 11.8 Å². The molecule has 1 fully saturated rings. The summed E-state index contributed by atoms with van der Waals surface area (Å²) in [6.45, 7) is 6.20. The maximum Gasteiger partial charge on any atom is 0.227 e. The fourth-order valence-corrected chi connectivity index (χ4v) is 1.89. The highest BCUT2D eigenvalue weighted by Gasteiger charge is 2.31. The molecule has 1 atom stereocenters. The number of aryl methyl sites for hydroxylation is 1. The molecule has 0 spiro atoms. The Bertz CT molecular complexity index is 390. The van der Waals surface area contributed by atoms with E-state index < -0.39 is 0 Å². The van der Waals surface area contributed by atoms with Crippen molar-refractivity contribution in [3.05, 3.63) is 18.3 Å². The van der Waals surface area contributed by atoms with Crippen LogP contribution in [0, 0.1) is 12.8 Å². The second-order valence-electron chi connectivity index (χ2n) is 3.79. The van der Waals surface area contributed by atoms with Crippen molar-refractivity contribution in [2.75, 3.05) is 17.2 Å². The van der Waals surface area contributed by atoms with Gasteiger partial charge in [0.2, 0.25) is 5.91 Å². The van der Waals surface area contributed by atoms with E-state index in [0.29, 0.717) is 24.5 Å². The fourth-order valence-electron chi connectivity index (χ4n) is 1.89. The van der Waals surface area contributed by atoms with Crippen LogP contribution >= 0.6 is 0 Å². The lowest BCUT2D eigenvalue weighted by atomic mass is 10.1. The largest absolute Gasteiger partial charge is 0.380 e. The molecule has 0 aromatic carbocycles. The molecule has 0 radical (unpaired) electrons. The van der Waals surface area contributed by atoms with Gasteiger partial charge in [-0.1, -0.05) is 6.08 Å². The van der Waals surface area contributed by atoms with Gasteiger partial charge in [-0.3, -0.25) is 9.89 Å². The summed E-state index contributed by atoms with van der Waals surface area (Å²) in [6, 6.07) is 0. The summed E-state index contributed by atoms with van der Waals surface area (Å²) < 4.78 is 0. The van der Waals surface area contributed by atoms with Crippen molar-refractivity contribution < 1.29 is 4.79 Å². The highest BCUT2D eigenvalue weighted by molar-refractivity contribution is 5.98. The summed E-state index contributed by atoms with van der Waals surface area (Å²) in [6.07, 6.45) is 2.32. The minimum absolute atomic E-state index is 0.0797. The Kier molecular flexibility index (Phi) is 2.22. The summed E-state index contributed by atoms with van der Waals surface area (Å²) in [7, 11) is 0. The van der Waals surface area contributed by atoms with Crippen molar-refractivity contribution in [2.24, 2.45) is 5.92 Å². The lowest BCUT2D eigenvalue weighted by Crippen LogP contribution is -2.25. The zero-order valence-electron chi connectivity index (χ0n) is 8.66. The first-order valence-electron chi connectivity index (χ1n) is 4.87. The fraction of sp³-hybridized carbons (Fsp3) is 0.400. The monoisotopic (exact) mass is 206 g/mol. The Labute approximate surface area is 87.9 Å². The molecule has 3 N–H and O–H groups in total. The van der Waals surface area contributed by atoms with Gasteiger partial charge in [-0.2, -0.15) is 5.10 Å². The van der Waals surface area contributed by atoms with E-state index in [2.05, 4.69) is 16.8 Å². The number of amides is 1. The molecule has 1 amide bonds. The third-order valence-corrected chi connectivity index (χ3v) is 2.70. The number of carbonyl (C=O) groups excluding carboxylic acids is 1. The third kappa shape index (κ3) is 1.49. The molecule has 2 rings (SSSR count). The Hall–Kier alpha value is -1.78. The average molecular weight is 206 g/mol. The van der Waals surface area contributed by atoms with Gasteiger partial charge >= 0.3 is 0 Å². The molecule has 1 aromatic rings. The van der Waals surface area contributed by atoms with Crippen molar-refractivity contribution in [1.82, 2.24) is 10.2 Å². The molecule has 80 valence electrons. The van der Waals surface area contributed by atoms with Crippen molar-refractivity contribution in [3.8, 4) is 0 Å². The Balaban J connectivity index is 2.32. The number of rotatable bonds is 2. The van der Waals surface area contributed by atoms with Crippen LogP contribution < -0.4 is 10.6 Å². The maximum atomic E-state index is 11.7. The number of hydrogen-bond donors (Lipinski definition) is 2.